The molecule has 0 aromatic heterocycles. The standard InChI is InChI=1S/C5H8N2O4S2/c1-13(10,11)5(7(8)9)3-2-4(6)12-5/h2-4H,6H2,1H3. The number of thioether (sulfide) groups is 1. The van der Waals surface area contributed by atoms with Crippen LogP contribution in [0.3, 0.4) is 0 Å². The smallest absolute Gasteiger partial charge is 0.316 e. The summed E-state index contributed by atoms with van der Waals surface area (Å²) in [6, 6.07) is 0. The Labute approximate surface area is 79.2 Å². The van der Waals surface area contributed by atoms with Gasteiger partial charge in [0.05, 0.1) is 10.3 Å². The largest absolute Gasteiger partial charge is 0.384 e. The number of rotatable bonds is 2. The molecule has 8 heteroatoms. The Morgan fingerprint density at radius 1 is 1.69 bits per heavy atom. The monoisotopic (exact) mass is 224 g/mol. The summed E-state index contributed by atoms with van der Waals surface area (Å²) in [5.74, 6) is 0. The summed E-state index contributed by atoms with van der Waals surface area (Å²) in [7, 11) is -3.80. The van der Waals surface area contributed by atoms with E-state index in [0.29, 0.717) is 11.8 Å². The average Bonchev–Trinajstić information content (AvgIpc) is 2.30. The van der Waals surface area contributed by atoms with Gasteiger partial charge in [-0.05, 0) is 11.8 Å². The molecule has 1 rings (SSSR count). The highest BCUT2D eigenvalue weighted by Gasteiger charge is 2.55. The molecule has 2 unspecified atom stereocenters. The van der Waals surface area contributed by atoms with E-state index in [1.165, 1.54) is 6.08 Å². The van der Waals surface area contributed by atoms with Gasteiger partial charge in [-0.25, -0.2) is 8.42 Å². The summed E-state index contributed by atoms with van der Waals surface area (Å²) in [6.07, 6.45) is 3.16. The third-order valence-electron chi connectivity index (χ3n) is 1.59. The Morgan fingerprint density at radius 2 is 2.23 bits per heavy atom. The van der Waals surface area contributed by atoms with Crippen LogP contribution in [0.2, 0.25) is 0 Å². The first-order valence-electron chi connectivity index (χ1n) is 3.26. The lowest BCUT2D eigenvalue weighted by Gasteiger charge is -2.15. The molecular formula is C5H8N2O4S2. The van der Waals surface area contributed by atoms with Crippen LogP contribution in [-0.4, -0.2) is 29.2 Å². The fourth-order valence-electron chi connectivity index (χ4n) is 0.940. The van der Waals surface area contributed by atoms with Crippen molar-refractivity contribution in [2.45, 2.75) is 9.58 Å². The van der Waals surface area contributed by atoms with Crippen molar-refractivity contribution in [3.8, 4) is 0 Å². The van der Waals surface area contributed by atoms with Crippen molar-refractivity contribution in [3.63, 3.8) is 0 Å². The van der Waals surface area contributed by atoms with Gasteiger partial charge in [0, 0.05) is 12.3 Å². The number of nitrogens with zero attached hydrogens (tertiary/aromatic N) is 1. The van der Waals surface area contributed by atoms with Crippen molar-refractivity contribution in [2.75, 3.05) is 6.26 Å². The van der Waals surface area contributed by atoms with Gasteiger partial charge in [-0.3, -0.25) is 10.1 Å². The molecule has 0 bridgehead atoms. The topological polar surface area (TPSA) is 103 Å². The molecule has 0 saturated carbocycles. The first-order chi connectivity index (χ1) is 5.79. The van der Waals surface area contributed by atoms with E-state index in [4.69, 9.17) is 5.73 Å². The molecule has 0 fully saturated rings. The molecule has 0 aliphatic carbocycles. The maximum absolute atomic E-state index is 11.2. The number of hydrogen-bond acceptors (Lipinski definition) is 6. The summed E-state index contributed by atoms with van der Waals surface area (Å²) < 4.78 is 20.3. The molecule has 0 aromatic carbocycles. The van der Waals surface area contributed by atoms with Crippen molar-refractivity contribution in [3.05, 3.63) is 22.3 Å². The van der Waals surface area contributed by atoms with Gasteiger partial charge in [0.25, 0.3) is 0 Å². The first kappa shape index (κ1) is 10.5. The molecule has 74 valence electrons. The van der Waals surface area contributed by atoms with E-state index in [1.54, 1.807) is 0 Å². The Morgan fingerprint density at radius 3 is 2.38 bits per heavy atom. The third kappa shape index (κ3) is 1.56. The fraction of sp³-hybridized carbons (Fsp3) is 0.600. The summed E-state index contributed by atoms with van der Waals surface area (Å²) in [6.45, 7) is 0. The van der Waals surface area contributed by atoms with Gasteiger partial charge in [-0.1, -0.05) is 6.08 Å². The normalized spacial score (nSPS) is 33.5. The van der Waals surface area contributed by atoms with E-state index < -0.39 is 24.3 Å². The minimum absolute atomic E-state index is 0.608. The highest BCUT2D eigenvalue weighted by atomic mass is 32.3. The van der Waals surface area contributed by atoms with E-state index in [0.717, 1.165) is 12.3 Å². The number of nitro groups is 1. The zero-order chi connectivity index (χ0) is 10.3. The zero-order valence-corrected chi connectivity index (χ0v) is 8.34. The molecule has 0 spiro atoms. The maximum Gasteiger partial charge on any atom is 0.384 e. The van der Waals surface area contributed by atoms with Gasteiger partial charge in [0.1, 0.15) is 0 Å². The summed E-state index contributed by atoms with van der Waals surface area (Å²) in [5.41, 5.74) is 5.35. The van der Waals surface area contributed by atoms with Crippen molar-refractivity contribution in [2.24, 2.45) is 5.73 Å². The predicted octanol–water partition coefficient (Wildman–Crippen LogP) is -0.451. The SMILES string of the molecule is CS(=O)(=O)C1([N+](=O)[O-])C=CC(N)S1. The van der Waals surface area contributed by atoms with Crippen molar-refractivity contribution < 1.29 is 13.3 Å². The molecule has 1 aliphatic heterocycles. The number of hydrogen-bond donors (Lipinski definition) is 1. The van der Waals surface area contributed by atoms with E-state index >= 15 is 0 Å². The molecular weight excluding hydrogens is 216 g/mol. The molecule has 6 nitrogen and oxygen atoms in total. The number of nitrogens with two attached hydrogens (primary N) is 1. The first-order valence-corrected chi connectivity index (χ1v) is 6.03. The minimum atomic E-state index is -3.80. The molecule has 13 heavy (non-hydrogen) atoms. The summed E-state index contributed by atoms with van der Waals surface area (Å²) >= 11 is 0.608. The van der Waals surface area contributed by atoms with Gasteiger partial charge in [-0.2, -0.15) is 0 Å². The molecule has 0 aromatic rings. The molecule has 0 saturated heterocycles. The molecule has 0 amide bonds. The van der Waals surface area contributed by atoms with Crippen LogP contribution in [0.1, 0.15) is 0 Å². The Bertz CT molecular complexity index is 363. The van der Waals surface area contributed by atoms with E-state index in [9.17, 15) is 18.5 Å². The maximum atomic E-state index is 11.2. The second-order valence-corrected chi connectivity index (χ2v) is 6.43. The minimum Gasteiger partial charge on any atom is -0.316 e. The highest BCUT2D eigenvalue weighted by Crippen LogP contribution is 2.40. The molecule has 2 atom stereocenters. The van der Waals surface area contributed by atoms with Crippen LogP contribution in [0.5, 0.6) is 0 Å². The second-order valence-electron chi connectivity index (χ2n) is 2.60. The molecule has 1 heterocycles. The van der Waals surface area contributed by atoms with Crippen molar-refractivity contribution in [1.29, 1.82) is 0 Å². The molecule has 1 aliphatic rings. The van der Waals surface area contributed by atoms with E-state index in [2.05, 4.69) is 0 Å². The van der Waals surface area contributed by atoms with Crippen LogP contribution < -0.4 is 5.73 Å². The lowest BCUT2D eigenvalue weighted by atomic mass is 10.5. The van der Waals surface area contributed by atoms with Crippen LogP contribution in [-0.2, 0) is 9.84 Å². The van der Waals surface area contributed by atoms with Crippen LogP contribution in [0, 0.1) is 10.1 Å². The van der Waals surface area contributed by atoms with Crippen LogP contribution in [0.25, 0.3) is 0 Å². The van der Waals surface area contributed by atoms with Crippen molar-refractivity contribution in [1.82, 2.24) is 0 Å². The van der Waals surface area contributed by atoms with Crippen molar-refractivity contribution >= 4 is 21.6 Å². The van der Waals surface area contributed by atoms with Crippen LogP contribution in [0.15, 0.2) is 12.2 Å². The lowest BCUT2D eigenvalue weighted by molar-refractivity contribution is -0.498. The average molecular weight is 224 g/mol. The van der Waals surface area contributed by atoms with Crippen LogP contribution in [0.4, 0.5) is 0 Å². The fourth-order valence-corrected chi connectivity index (χ4v) is 3.36. The van der Waals surface area contributed by atoms with Crippen LogP contribution >= 0.6 is 11.8 Å². The van der Waals surface area contributed by atoms with Gasteiger partial charge in [0.2, 0.25) is 9.84 Å². The second kappa shape index (κ2) is 2.96. The molecule has 2 N–H and O–H groups in total. The summed E-state index contributed by atoms with van der Waals surface area (Å²) in [5, 5.41) is 9.98. The predicted molar refractivity (Wildman–Crippen MR) is 49.3 cm³/mol. The Kier molecular flexibility index (Phi) is 2.39. The molecule has 0 radical (unpaired) electrons. The third-order valence-corrected chi connectivity index (χ3v) is 5.18. The number of sulfone groups is 1. The Balaban J connectivity index is 3.22. The quantitative estimate of drug-likeness (QED) is 0.387. The van der Waals surface area contributed by atoms with E-state index in [1.807, 2.05) is 0 Å². The van der Waals surface area contributed by atoms with Gasteiger partial charge in [0.15, 0.2) is 0 Å². The zero-order valence-electron chi connectivity index (χ0n) is 6.71. The van der Waals surface area contributed by atoms with Gasteiger partial charge < -0.3 is 5.73 Å². The van der Waals surface area contributed by atoms with E-state index in [-0.39, 0.29) is 0 Å². The lowest BCUT2D eigenvalue weighted by Crippen LogP contribution is -2.40. The highest BCUT2D eigenvalue weighted by molar-refractivity contribution is 8.15. The Hall–Kier alpha value is -0.600. The van der Waals surface area contributed by atoms with Gasteiger partial charge >= 0.3 is 4.20 Å². The summed E-state index contributed by atoms with van der Waals surface area (Å²) in [4.78, 5) is 9.78. The van der Waals surface area contributed by atoms with Gasteiger partial charge in [-0.15, -0.1) is 0 Å².